The van der Waals surface area contributed by atoms with Crippen molar-refractivity contribution >= 4 is 18.4 Å². The number of hydrogen-bond acceptors (Lipinski definition) is 2. The quantitative estimate of drug-likeness (QED) is 0.724. The molecule has 0 radical (unpaired) electrons. The second-order valence-electron chi connectivity index (χ2n) is 3.90. The first-order chi connectivity index (χ1) is 5.61. The maximum atomic E-state index is 10.6. The molecule has 13 heavy (non-hydrogen) atoms. The molecule has 3 N–H and O–H groups in total. The van der Waals surface area contributed by atoms with Crippen LogP contribution in [0.5, 0.6) is 0 Å². The molecule has 1 saturated carbocycles. The summed E-state index contributed by atoms with van der Waals surface area (Å²) in [4.78, 5) is 10.6. The molecule has 0 saturated heterocycles. The molecule has 0 aromatic heterocycles. The number of hydrogen-bond donors (Lipinski definition) is 2. The van der Waals surface area contributed by atoms with Crippen LogP contribution in [0.3, 0.4) is 0 Å². The summed E-state index contributed by atoms with van der Waals surface area (Å²) in [5.74, 6) is -0.00509. The van der Waals surface area contributed by atoms with Crippen molar-refractivity contribution in [1.82, 2.24) is 0 Å². The van der Waals surface area contributed by atoms with Gasteiger partial charge in [-0.3, -0.25) is 4.79 Å². The van der Waals surface area contributed by atoms with E-state index in [0.29, 0.717) is 5.92 Å². The largest absolute Gasteiger partial charge is 0.480 e. The molecule has 1 aliphatic rings. The Kier molecular flexibility index (Phi) is 5.33. The minimum atomic E-state index is -0.853. The van der Waals surface area contributed by atoms with Gasteiger partial charge >= 0.3 is 5.97 Å². The minimum Gasteiger partial charge on any atom is -0.480 e. The number of carboxylic acid groups (broad SMARTS) is 1. The first-order valence-corrected chi connectivity index (χ1v) is 4.59. The van der Waals surface area contributed by atoms with E-state index in [0.717, 1.165) is 19.3 Å². The van der Waals surface area contributed by atoms with E-state index >= 15 is 0 Å². The van der Waals surface area contributed by atoms with E-state index < -0.39 is 12.0 Å². The van der Waals surface area contributed by atoms with Gasteiger partial charge in [0.15, 0.2) is 0 Å². The van der Waals surface area contributed by atoms with Gasteiger partial charge in [0.05, 0.1) is 0 Å². The molecule has 1 fully saturated rings. The first kappa shape index (κ1) is 12.7. The molecule has 0 bridgehead atoms. The molecular weight excluding hydrogens is 190 g/mol. The second kappa shape index (κ2) is 5.45. The van der Waals surface area contributed by atoms with Gasteiger partial charge in [-0.15, -0.1) is 12.4 Å². The molecule has 0 spiro atoms. The molecule has 0 aliphatic heterocycles. The third kappa shape index (κ3) is 3.53. The number of halogens is 1. The van der Waals surface area contributed by atoms with Crippen molar-refractivity contribution < 1.29 is 9.90 Å². The smallest absolute Gasteiger partial charge is 0.320 e. The van der Waals surface area contributed by atoms with Crippen LogP contribution in [0.2, 0.25) is 0 Å². The predicted octanol–water partition coefficient (Wildman–Crippen LogP) is 1.65. The van der Waals surface area contributed by atoms with E-state index in [9.17, 15) is 4.79 Å². The monoisotopic (exact) mass is 207 g/mol. The fourth-order valence-corrected chi connectivity index (χ4v) is 2.01. The van der Waals surface area contributed by atoms with E-state index in [1.54, 1.807) is 0 Å². The SMILES string of the molecule is CC1CCCC(C(N)C(=O)O)C1.Cl. The van der Waals surface area contributed by atoms with Crippen LogP contribution in [-0.2, 0) is 4.79 Å². The van der Waals surface area contributed by atoms with E-state index in [2.05, 4.69) is 6.92 Å². The van der Waals surface area contributed by atoms with E-state index in [4.69, 9.17) is 10.8 Å². The Balaban J connectivity index is 0.00000144. The summed E-state index contributed by atoms with van der Waals surface area (Å²) in [5, 5.41) is 8.70. The Bertz CT molecular complexity index is 175. The molecule has 0 amide bonds. The maximum absolute atomic E-state index is 10.6. The Morgan fingerprint density at radius 1 is 1.54 bits per heavy atom. The minimum absolute atomic E-state index is 0. The highest BCUT2D eigenvalue weighted by molar-refractivity contribution is 5.85. The van der Waals surface area contributed by atoms with Crippen molar-refractivity contribution in [3.63, 3.8) is 0 Å². The Morgan fingerprint density at radius 3 is 2.62 bits per heavy atom. The van der Waals surface area contributed by atoms with Crippen LogP contribution in [0.4, 0.5) is 0 Å². The molecular formula is C9H18ClNO2. The highest BCUT2D eigenvalue weighted by Gasteiger charge is 2.28. The lowest BCUT2D eigenvalue weighted by atomic mass is 9.79. The van der Waals surface area contributed by atoms with Crippen molar-refractivity contribution in [1.29, 1.82) is 0 Å². The van der Waals surface area contributed by atoms with Crippen molar-refractivity contribution in [3.05, 3.63) is 0 Å². The summed E-state index contributed by atoms with van der Waals surface area (Å²) in [6, 6.07) is -0.646. The van der Waals surface area contributed by atoms with Crippen LogP contribution in [-0.4, -0.2) is 17.1 Å². The zero-order valence-electron chi connectivity index (χ0n) is 7.90. The molecule has 3 atom stereocenters. The zero-order valence-corrected chi connectivity index (χ0v) is 8.72. The molecule has 0 aromatic rings. The summed E-state index contributed by atoms with van der Waals surface area (Å²) in [6.07, 6.45) is 4.32. The van der Waals surface area contributed by atoms with Crippen LogP contribution >= 0.6 is 12.4 Å². The molecule has 78 valence electrons. The lowest BCUT2D eigenvalue weighted by molar-refractivity contribution is -0.140. The summed E-state index contributed by atoms with van der Waals surface area (Å²) >= 11 is 0. The molecule has 4 heteroatoms. The van der Waals surface area contributed by atoms with Gasteiger partial charge in [-0.1, -0.05) is 19.8 Å². The molecule has 0 aromatic carbocycles. The highest BCUT2D eigenvalue weighted by Crippen LogP contribution is 2.30. The van der Waals surface area contributed by atoms with Gasteiger partial charge in [0, 0.05) is 0 Å². The van der Waals surface area contributed by atoms with E-state index in [-0.39, 0.29) is 18.3 Å². The third-order valence-corrected chi connectivity index (χ3v) is 2.77. The number of carbonyl (C=O) groups is 1. The van der Waals surface area contributed by atoms with Crippen molar-refractivity contribution in [3.8, 4) is 0 Å². The van der Waals surface area contributed by atoms with Gasteiger partial charge in [0.25, 0.3) is 0 Å². The third-order valence-electron chi connectivity index (χ3n) is 2.77. The van der Waals surface area contributed by atoms with Crippen LogP contribution in [0.1, 0.15) is 32.6 Å². The Hall–Kier alpha value is -0.280. The van der Waals surface area contributed by atoms with Crippen LogP contribution < -0.4 is 5.73 Å². The second-order valence-corrected chi connectivity index (χ2v) is 3.90. The van der Waals surface area contributed by atoms with Crippen molar-refractivity contribution in [2.24, 2.45) is 17.6 Å². The molecule has 1 rings (SSSR count). The normalized spacial score (nSPS) is 30.3. The highest BCUT2D eigenvalue weighted by atomic mass is 35.5. The fraction of sp³-hybridized carbons (Fsp3) is 0.889. The Morgan fingerprint density at radius 2 is 2.15 bits per heavy atom. The number of rotatable bonds is 2. The molecule has 1 aliphatic carbocycles. The Labute approximate surface area is 85.1 Å². The van der Waals surface area contributed by atoms with Crippen molar-refractivity contribution in [2.75, 3.05) is 0 Å². The molecule has 0 heterocycles. The number of nitrogens with two attached hydrogens (primary N) is 1. The van der Waals surface area contributed by atoms with Gasteiger partial charge in [-0.2, -0.15) is 0 Å². The van der Waals surface area contributed by atoms with E-state index in [1.165, 1.54) is 6.42 Å². The standard InChI is InChI=1S/C9H17NO2.ClH/c1-6-3-2-4-7(5-6)8(10)9(11)12;/h6-8H,2-5,10H2,1H3,(H,11,12);1H. The van der Waals surface area contributed by atoms with Gasteiger partial charge in [-0.25, -0.2) is 0 Å². The lowest BCUT2D eigenvalue weighted by Gasteiger charge is -2.28. The average Bonchev–Trinajstić information content (AvgIpc) is 2.03. The number of aliphatic carboxylic acids is 1. The van der Waals surface area contributed by atoms with Crippen LogP contribution in [0, 0.1) is 11.8 Å². The number of carboxylic acids is 1. The van der Waals surface area contributed by atoms with Gasteiger partial charge in [0.1, 0.15) is 6.04 Å². The zero-order chi connectivity index (χ0) is 9.14. The van der Waals surface area contributed by atoms with E-state index in [1.807, 2.05) is 0 Å². The van der Waals surface area contributed by atoms with Gasteiger partial charge in [0.2, 0.25) is 0 Å². The van der Waals surface area contributed by atoms with Crippen LogP contribution in [0.15, 0.2) is 0 Å². The van der Waals surface area contributed by atoms with Gasteiger partial charge < -0.3 is 10.8 Å². The van der Waals surface area contributed by atoms with Crippen molar-refractivity contribution in [2.45, 2.75) is 38.6 Å². The summed E-state index contributed by atoms with van der Waals surface area (Å²) in [6.45, 7) is 2.17. The van der Waals surface area contributed by atoms with Gasteiger partial charge in [-0.05, 0) is 24.7 Å². The maximum Gasteiger partial charge on any atom is 0.320 e. The predicted molar refractivity (Wildman–Crippen MR) is 54.0 cm³/mol. The first-order valence-electron chi connectivity index (χ1n) is 4.59. The molecule has 3 nitrogen and oxygen atoms in total. The topological polar surface area (TPSA) is 63.3 Å². The average molecular weight is 208 g/mol. The van der Waals surface area contributed by atoms with Crippen LogP contribution in [0.25, 0.3) is 0 Å². The lowest BCUT2D eigenvalue weighted by Crippen LogP contribution is -2.40. The molecule has 3 unspecified atom stereocenters. The summed E-state index contributed by atoms with van der Waals surface area (Å²) in [7, 11) is 0. The summed E-state index contributed by atoms with van der Waals surface area (Å²) < 4.78 is 0. The summed E-state index contributed by atoms with van der Waals surface area (Å²) in [5.41, 5.74) is 5.55. The fourth-order valence-electron chi connectivity index (χ4n) is 2.01.